The van der Waals surface area contributed by atoms with E-state index in [1.807, 2.05) is 19.2 Å². The predicted octanol–water partition coefficient (Wildman–Crippen LogP) is 2.65. The summed E-state index contributed by atoms with van der Waals surface area (Å²) in [5.74, 6) is 1.07. The van der Waals surface area contributed by atoms with Crippen molar-refractivity contribution in [2.45, 2.75) is 19.0 Å². The van der Waals surface area contributed by atoms with Gasteiger partial charge in [0.25, 0.3) is 0 Å². The summed E-state index contributed by atoms with van der Waals surface area (Å²) in [5, 5.41) is 4.53. The average Bonchev–Trinajstić information content (AvgIpc) is 2.94. The molecule has 0 radical (unpaired) electrons. The lowest BCUT2D eigenvalue weighted by Gasteiger charge is -2.13. The third-order valence-corrected chi connectivity index (χ3v) is 3.54. The highest BCUT2D eigenvalue weighted by atomic mass is 35.5. The van der Waals surface area contributed by atoms with E-state index < -0.39 is 0 Å². The number of halogens is 1. The van der Waals surface area contributed by atoms with Gasteiger partial charge in [0.15, 0.2) is 0 Å². The van der Waals surface area contributed by atoms with Gasteiger partial charge in [-0.1, -0.05) is 18.2 Å². The number of hydrogen-bond acceptors (Lipinski definition) is 3. The van der Waals surface area contributed by atoms with Crippen LogP contribution >= 0.6 is 12.4 Å². The van der Waals surface area contributed by atoms with Crippen molar-refractivity contribution in [2.75, 3.05) is 20.1 Å². The molecule has 4 heteroatoms. The maximum atomic E-state index is 5.84. The quantitative estimate of drug-likeness (QED) is 0.926. The molecular weight excluding hydrogens is 248 g/mol. The zero-order valence-electron chi connectivity index (χ0n) is 10.6. The largest absolute Gasteiger partial charge is 0.460 e. The molecule has 1 saturated heterocycles. The van der Waals surface area contributed by atoms with Crippen molar-refractivity contribution in [3.8, 4) is 0 Å². The number of benzene rings is 1. The van der Waals surface area contributed by atoms with Gasteiger partial charge in [-0.05, 0) is 25.6 Å². The molecule has 0 bridgehead atoms. The molecule has 3 nitrogen and oxygen atoms in total. The van der Waals surface area contributed by atoms with Crippen LogP contribution in [0.5, 0.6) is 0 Å². The van der Waals surface area contributed by atoms with Crippen molar-refractivity contribution in [3.63, 3.8) is 0 Å². The molecule has 98 valence electrons. The van der Waals surface area contributed by atoms with E-state index in [9.17, 15) is 0 Å². The van der Waals surface area contributed by atoms with Crippen molar-refractivity contribution in [1.29, 1.82) is 0 Å². The van der Waals surface area contributed by atoms with E-state index in [2.05, 4.69) is 28.4 Å². The fourth-order valence-corrected chi connectivity index (χ4v) is 2.55. The molecule has 1 N–H and O–H groups in total. The Bertz CT molecular complexity index is 478. The first-order chi connectivity index (χ1) is 8.35. The zero-order chi connectivity index (χ0) is 11.7. The van der Waals surface area contributed by atoms with E-state index in [-0.39, 0.29) is 12.4 Å². The highest BCUT2D eigenvalue weighted by Crippen LogP contribution is 2.21. The van der Waals surface area contributed by atoms with Crippen molar-refractivity contribution in [1.82, 2.24) is 10.2 Å². The lowest BCUT2D eigenvalue weighted by atomic mass is 10.2. The Morgan fingerprint density at radius 2 is 2.22 bits per heavy atom. The normalized spacial score (nSPS) is 20.2. The SMILES string of the molecule is CNC1CCN(Cc2cc3ccccc3o2)C1.Cl. The third-order valence-electron chi connectivity index (χ3n) is 3.54. The number of likely N-dealkylation sites (tertiary alicyclic amines) is 1. The fraction of sp³-hybridized carbons (Fsp3) is 0.429. The molecule has 18 heavy (non-hydrogen) atoms. The molecule has 1 fully saturated rings. The van der Waals surface area contributed by atoms with Crippen LogP contribution in [0.3, 0.4) is 0 Å². The molecule has 2 heterocycles. The smallest absolute Gasteiger partial charge is 0.134 e. The highest BCUT2D eigenvalue weighted by molar-refractivity contribution is 5.85. The molecule has 0 aliphatic carbocycles. The maximum Gasteiger partial charge on any atom is 0.134 e. The molecule has 0 saturated carbocycles. The van der Waals surface area contributed by atoms with Gasteiger partial charge in [-0.2, -0.15) is 0 Å². The molecule has 1 aromatic heterocycles. The first kappa shape index (κ1) is 13.4. The van der Waals surface area contributed by atoms with Crippen LogP contribution in [0.2, 0.25) is 0 Å². The Kier molecular flexibility index (Phi) is 4.27. The second-order valence-electron chi connectivity index (χ2n) is 4.76. The van der Waals surface area contributed by atoms with E-state index in [0.717, 1.165) is 31.0 Å². The van der Waals surface area contributed by atoms with Crippen LogP contribution in [-0.2, 0) is 6.54 Å². The van der Waals surface area contributed by atoms with E-state index in [4.69, 9.17) is 4.42 Å². The van der Waals surface area contributed by atoms with Crippen LogP contribution < -0.4 is 5.32 Å². The molecule has 1 aromatic carbocycles. The lowest BCUT2D eigenvalue weighted by Crippen LogP contribution is -2.29. The van der Waals surface area contributed by atoms with Gasteiger partial charge in [0.1, 0.15) is 11.3 Å². The third kappa shape index (κ3) is 2.69. The van der Waals surface area contributed by atoms with Crippen LogP contribution in [0.15, 0.2) is 34.7 Å². The number of furan rings is 1. The zero-order valence-corrected chi connectivity index (χ0v) is 11.4. The number of para-hydroxylation sites is 1. The molecule has 1 aliphatic rings. The van der Waals surface area contributed by atoms with Crippen molar-refractivity contribution >= 4 is 23.4 Å². The van der Waals surface area contributed by atoms with Gasteiger partial charge < -0.3 is 9.73 Å². The summed E-state index contributed by atoms with van der Waals surface area (Å²) < 4.78 is 5.84. The molecule has 1 unspecified atom stereocenters. The van der Waals surface area contributed by atoms with Gasteiger partial charge in [0, 0.05) is 24.5 Å². The number of nitrogens with zero attached hydrogens (tertiary/aromatic N) is 1. The Morgan fingerprint density at radius 3 is 2.94 bits per heavy atom. The van der Waals surface area contributed by atoms with Crippen LogP contribution in [0.25, 0.3) is 11.0 Å². The number of rotatable bonds is 3. The van der Waals surface area contributed by atoms with Crippen LogP contribution in [0.1, 0.15) is 12.2 Å². The minimum absolute atomic E-state index is 0. The van der Waals surface area contributed by atoms with E-state index in [1.165, 1.54) is 11.8 Å². The molecule has 0 spiro atoms. The summed E-state index contributed by atoms with van der Waals surface area (Å²) in [7, 11) is 2.04. The fourth-order valence-electron chi connectivity index (χ4n) is 2.55. The summed E-state index contributed by atoms with van der Waals surface area (Å²) in [6.45, 7) is 3.20. The van der Waals surface area contributed by atoms with E-state index >= 15 is 0 Å². The number of hydrogen-bond donors (Lipinski definition) is 1. The van der Waals surface area contributed by atoms with Crippen molar-refractivity contribution in [2.24, 2.45) is 0 Å². The maximum absolute atomic E-state index is 5.84. The summed E-state index contributed by atoms with van der Waals surface area (Å²) in [4.78, 5) is 2.44. The summed E-state index contributed by atoms with van der Waals surface area (Å²) in [6.07, 6.45) is 1.23. The summed E-state index contributed by atoms with van der Waals surface area (Å²) in [6, 6.07) is 11.0. The number of nitrogens with one attached hydrogen (secondary N) is 1. The topological polar surface area (TPSA) is 28.4 Å². The minimum atomic E-state index is 0. The summed E-state index contributed by atoms with van der Waals surface area (Å²) in [5.41, 5.74) is 0.992. The Labute approximate surface area is 114 Å². The van der Waals surface area contributed by atoms with Crippen LogP contribution in [0, 0.1) is 0 Å². The van der Waals surface area contributed by atoms with Gasteiger partial charge in [-0.3, -0.25) is 4.90 Å². The van der Waals surface area contributed by atoms with Gasteiger partial charge in [-0.25, -0.2) is 0 Å². The Balaban J connectivity index is 0.00000120. The first-order valence-electron chi connectivity index (χ1n) is 6.22. The van der Waals surface area contributed by atoms with Crippen LogP contribution in [0.4, 0.5) is 0 Å². The van der Waals surface area contributed by atoms with Crippen molar-refractivity contribution < 1.29 is 4.42 Å². The molecule has 1 aliphatic heterocycles. The second kappa shape index (κ2) is 5.74. The highest BCUT2D eigenvalue weighted by Gasteiger charge is 2.21. The number of fused-ring (bicyclic) bond motifs is 1. The van der Waals surface area contributed by atoms with E-state index in [0.29, 0.717) is 6.04 Å². The first-order valence-corrected chi connectivity index (χ1v) is 6.22. The minimum Gasteiger partial charge on any atom is -0.460 e. The Hall–Kier alpha value is -1.03. The second-order valence-corrected chi connectivity index (χ2v) is 4.76. The molecular formula is C14H19ClN2O. The standard InChI is InChI=1S/C14H18N2O.ClH/c1-15-12-6-7-16(9-12)10-13-8-11-4-2-3-5-14(11)17-13;/h2-5,8,12,15H,6-7,9-10H2,1H3;1H. The van der Waals surface area contributed by atoms with Gasteiger partial charge in [-0.15, -0.1) is 12.4 Å². The van der Waals surface area contributed by atoms with Gasteiger partial charge in [0.2, 0.25) is 0 Å². The number of likely N-dealkylation sites (N-methyl/N-ethyl adjacent to an activating group) is 1. The molecule has 3 rings (SSSR count). The monoisotopic (exact) mass is 266 g/mol. The van der Waals surface area contributed by atoms with Crippen molar-refractivity contribution in [3.05, 3.63) is 36.1 Å². The average molecular weight is 267 g/mol. The van der Waals surface area contributed by atoms with Crippen LogP contribution in [-0.4, -0.2) is 31.1 Å². The van der Waals surface area contributed by atoms with Gasteiger partial charge >= 0.3 is 0 Å². The predicted molar refractivity (Wildman–Crippen MR) is 76.2 cm³/mol. The molecule has 2 aromatic rings. The molecule has 0 amide bonds. The molecule has 1 atom stereocenters. The lowest BCUT2D eigenvalue weighted by molar-refractivity contribution is 0.295. The summed E-state index contributed by atoms with van der Waals surface area (Å²) >= 11 is 0. The Morgan fingerprint density at radius 1 is 1.39 bits per heavy atom. The van der Waals surface area contributed by atoms with Gasteiger partial charge in [0.05, 0.1) is 6.54 Å². The van der Waals surface area contributed by atoms with E-state index in [1.54, 1.807) is 0 Å².